The number of piperazine rings is 1. The number of aliphatic carboxylic acids is 1. The summed E-state index contributed by atoms with van der Waals surface area (Å²) in [7, 11) is -3.88. The van der Waals surface area contributed by atoms with Gasteiger partial charge >= 0.3 is 12.1 Å². The van der Waals surface area contributed by atoms with Crippen LogP contribution in [-0.2, 0) is 27.4 Å². The Balaban J connectivity index is 1.51. The number of fused-ring (bicyclic) bond motifs is 1. The molecule has 1 aromatic heterocycles. The van der Waals surface area contributed by atoms with Crippen molar-refractivity contribution in [2.75, 3.05) is 31.1 Å². The van der Waals surface area contributed by atoms with Crippen LogP contribution in [0.3, 0.4) is 0 Å². The van der Waals surface area contributed by atoms with Crippen molar-refractivity contribution in [2.24, 2.45) is 0 Å². The van der Waals surface area contributed by atoms with E-state index in [-0.39, 0.29) is 43.2 Å². The molecule has 0 saturated carbocycles. The third-order valence-electron chi connectivity index (χ3n) is 5.47. The van der Waals surface area contributed by atoms with E-state index in [1.165, 1.54) is 33.8 Å². The van der Waals surface area contributed by atoms with Crippen molar-refractivity contribution < 1.29 is 35.9 Å². The molecule has 4 rings (SSSR count). The Kier molecular flexibility index (Phi) is 6.10. The van der Waals surface area contributed by atoms with Gasteiger partial charge in [-0.2, -0.15) is 17.5 Å². The van der Waals surface area contributed by atoms with E-state index in [4.69, 9.17) is 5.11 Å². The van der Waals surface area contributed by atoms with Gasteiger partial charge in [0.05, 0.1) is 16.9 Å². The Morgan fingerprint density at radius 3 is 2.36 bits per heavy atom. The first-order chi connectivity index (χ1) is 15.5. The Bertz CT molecular complexity index is 1310. The second-order valence-electron chi connectivity index (χ2n) is 7.54. The molecule has 3 aromatic rings. The minimum Gasteiger partial charge on any atom is -0.481 e. The minimum absolute atomic E-state index is 0.0362. The molecular formula is C21H18F4N2O4S2. The second-order valence-corrected chi connectivity index (χ2v) is 10.4. The summed E-state index contributed by atoms with van der Waals surface area (Å²) in [6.07, 6.45) is -5.00. The Labute approximate surface area is 190 Å². The maximum absolute atomic E-state index is 13.9. The zero-order chi connectivity index (χ0) is 24.0. The normalized spacial score (nSPS) is 15.8. The number of halogens is 4. The van der Waals surface area contributed by atoms with Gasteiger partial charge in [0.15, 0.2) is 0 Å². The topological polar surface area (TPSA) is 77.9 Å². The van der Waals surface area contributed by atoms with E-state index < -0.39 is 33.5 Å². The molecule has 0 unspecified atom stereocenters. The fourth-order valence-electron chi connectivity index (χ4n) is 3.79. The lowest BCUT2D eigenvalue weighted by Crippen LogP contribution is -2.48. The molecule has 0 radical (unpaired) electrons. The van der Waals surface area contributed by atoms with Gasteiger partial charge in [0, 0.05) is 36.6 Å². The largest absolute Gasteiger partial charge is 0.481 e. The smallest absolute Gasteiger partial charge is 0.419 e. The minimum atomic E-state index is -4.79. The monoisotopic (exact) mass is 502 g/mol. The highest BCUT2D eigenvalue weighted by molar-refractivity contribution is 7.89. The van der Waals surface area contributed by atoms with Gasteiger partial charge in [-0.05, 0) is 52.7 Å². The predicted molar refractivity (Wildman–Crippen MR) is 116 cm³/mol. The van der Waals surface area contributed by atoms with E-state index in [0.717, 1.165) is 10.8 Å². The van der Waals surface area contributed by atoms with Gasteiger partial charge < -0.3 is 10.0 Å². The van der Waals surface area contributed by atoms with Gasteiger partial charge in [0.1, 0.15) is 5.82 Å². The highest BCUT2D eigenvalue weighted by Crippen LogP contribution is 2.34. The number of hydrogen-bond acceptors (Lipinski definition) is 5. The lowest BCUT2D eigenvalue weighted by molar-refractivity contribution is -0.140. The summed E-state index contributed by atoms with van der Waals surface area (Å²) in [6.45, 7) is 0.479. The summed E-state index contributed by atoms with van der Waals surface area (Å²) in [6, 6.07) is 7.23. The molecule has 1 N–H and O–H groups in total. The lowest BCUT2D eigenvalue weighted by atomic mass is 10.1. The van der Waals surface area contributed by atoms with E-state index in [1.807, 2.05) is 0 Å². The van der Waals surface area contributed by atoms with Crippen LogP contribution >= 0.6 is 11.3 Å². The number of carboxylic acid groups (broad SMARTS) is 1. The molecule has 0 bridgehead atoms. The second kappa shape index (κ2) is 8.58. The standard InChI is InChI=1S/C21H18F4N2O4S2/c22-18-10-14(1-3-17(18)21(23,24)25)26-5-7-27(8-6-26)33(30,31)15-2-4-19-16(11-15)13(12-32-19)9-20(28)29/h1-4,10-12H,5-9H2,(H,28,29). The van der Waals surface area contributed by atoms with E-state index in [1.54, 1.807) is 16.3 Å². The molecule has 1 aliphatic heterocycles. The molecule has 2 heterocycles. The van der Waals surface area contributed by atoms with Crippen molar-refractivity contribution in [3.8, 4) is 0 Å². The number of carboxylic acids is 1. The van der Waals surface area contributed by atoms with Gasteiger partial charge in [-0.3, -0.25) is 4.79 Å². The molecule has 1 fully saturated rings. The Morgan fingerprint density at radius 1 is 1.06 bits per heavy atom. The van der Waals surface area contributed by atoms with Crippen molar-refractivity contribution in [3.63, 3.8) is 0 Å². The number of alkyl halides is 3. The number of anilines is 1. The predicted octanol–water partition coefficient (Wildman–Crippen LogP) is 4.20. The van der Waals surface area contributed by atoms with Crippen LogP contribution in [0.25, 0.3) is 10.1 Å². The van der Waals surface area contributed by atoms with E-state index in [9.17, 15) is 30.8 Å². The average Bonchev–Trinajstić information content (AvgIpc) is 3.14. The van der Waals surface area contributed by atoms with Crippen LogP contribution in [-0.4, -0.2) is 50.0 Å². The fraction of sp³-hybridized carbons (Fsp3) is 0.286. The van der Waals surface area contributed by atoms with Crippen molar-refractivity contribution >= 4 is 43.1 Å². The molecule has 1 aliphatic rings. The fourth-order valence-corrected chi connectivity index (χ4v) is 6.18. The van der Waals surface area contributed by atoms with Crippen LogP contribution in [0.4, 0.5) is 23.2 Å². The molecule has 1 saturated heterocycles. The molecule has 0 spiro atoms. The van der Waals surface area contributed by atoms with Crippen molar-refractivity contribution in [1.29, 1.82) is 0 Å². The highest BCUT2D eigenvalue weighted by Gasteiger charge is 2.35. The van der Waals surface area contributed by atoms with E-state index >= 15 is 0 Å². The van der Waals surface area contributed by atoms with Crippen molar-refractivity contribution in [3.05, 3.63) is 58.7 Å². The molecule has 2 aromatic carbocycles. The molecule has 0 amide bonds. The number of carbonyl (C=O) groups is 1. The van der Waals surface area contributed by atoms with Crippen LogP contribution in [0.5, 0.6) is 0 Å². The number of sulfonamides is 1. The number of benzene rings is 2. The molecule has 176 valence electrons. The molecule has 0 aliphatic carbocycles. The first-order valence-corrected chi connectivity index (χ1v) is 12.1. The molecule has 0 atom stereocenters. The SMILES string of the molecule is O=C(O)Cc1csc2ccc(S(=O)(=O)N3CCN(c4ccc(C(F)(F)F)c(F)c4)CC3)cc12. The number of thiophene rings is 1. The highest BCUT2D eigenvalue weighted by atomic mass is 32.2. The van der Waals surface area contributed by atoms with Crippen LogP contribution < -0.4 is 4.90 Å². The maximum atomic E-state index is 13.9. The van der Waals surface area contributed by atoms with Gasteiger partial charge in [-0.15, -0.1) is 11.3 Å². The maximum Gasteiger partial charge on any atom is 0.419 e. The Morgan fingerprint density at radius 2 is 1.76 bits per heavy atom. The quantitative estimate of drug-likeness (QED) is 0.530. The van der Waals surface area contributed by atoms with Crippen LogP contribution in [0.1, 0.15) is 11.1 Å². The summed E-state index contributed by atoms with van der Waals surface area (Å²) in [4.78, 5) is 12.7. The number of hydrogen-bond donors (Lipinski definition) is 1. The number of rotatable bonds is 5. The lowest BCUT2D eigenvalue weighted by Gasteiger charge is -2.35. The average molecular weight is 503 g/mol. The zero-order valence-corrected chi connectivity index (χ0v) is 18.6. The summed E-state index contributed by atoms with van der Waals surface area (Å²) in [5, 5.41) is 11.3. The molecule has 12 heteroatoms. The van der Waals surface area contributed by atoms with Crippen molar-refractivity contribution in [1.82, 2.24) is 4.31 Å². The molecule has 6 nitrogen and oxygen atoms in total. The van der Waals surface area contributed by atoms with Crippen molar-refractivity contribution in [2.45, 2.75) is 17.5 Å². The van der Waals surface area contributed by atoms with E-state index in [2.05, 4.69) is 0 Å². The van der Waals surface area contributed by atoms with E-state index in [0.29, 0.717) is 17.0 Å². The molecular weight excluding hydrogens is 484 g/mol. The van der Waals surface area contributed by atoms with Crippen LogP contribution in [0.15, 0.2) is 46.7 Å². The van der Waals surface area contributed by atoms with Gasteiger partial charge in [-0.25, -0.2) is 12.8 Å². The summed E-state index contributed by atoms with van der Waals surface area (Å²) in [5.74, 6) is -2.39. The summed E-state index contributed by atoms with van der Waals surface area (Å²) >= 11 is 1.33. The van der Waals surface area contributed by atoms with Gasteiger partial charge in [-0.1, -0.05) is 0 Å². The number of nitrogens with zero attached hydrogens (tertiary/aromatic N) is 2. The first-order valence-electron chi connectivity index (χ1n) is 9.80. The summed E-state index contributed by atoms with van der Waals surface area (Å²) < 4.78 is 80.6. The summed E-state index contributed by atoms with van der Waals surface area (Å²) in [5.41, 5.74) is -0.567. The van der Waals surface area contributed by atoms with Crippen LogP contribution in [0, 0.1) is 5.82 Å². The first kappa shape index (κ1) is 23.5. The Hall–Kier alpha value is -2.70. The third kappa shape index (κ3) is 4.68. The molecule has 33 heavy (non-hydrogen) atoms. The zero-order valence-electron chi connectivity index (χ0n) is 17.0. The van der Waals surface area contributed by atoms with Crippen LogP contribution in [0.2, 0.25) is 0 Å². The third-order valence-corrected chi connectivity index (χ3v) is 8.37. The van der Waals surface area contributed by atoms with Gasteiger partial charge in [0.2, 0.25) is 10.0 Å². The van der Waals surface area contributed by atoms with Gasteiger partial charge in [0.25, 0.3) is 0 Å².